The van der Waals surface area contributed by atoms with Crippen molar-refractivity contribution < 1.29 is 19.4 Å². The van der Waals surface area contributed by atoms with E-state index in [1.165, 1.54) is 0 Å². The Morgan fingerprint density at radius 3 is 2.55 bits per heavy atom. The number of nitrogens with one attached hydrogen (secondary N) is 1. The quantitative estimate of drug-likeness (QED) is 0.446. The highest BCUT2D eigenvalue weighted by Gasteiger charge is 2.37. The lowest BCUT2D eigenvalue weighted by atomic mass is 9.79. The van der Waals surface area contributed by atoms with E-state index in [0.29, 0.717) is 29.3 Å². The van der Waals surface area contributed by atoms with E-state index in [2.05, 4.69) is 10.3 Å². The molecule has 0 spiro atoms. The van der Waals surface area contributed by atoms with Crippen molar-refractivity contribution >= 4 is 40.1 Å². The van der Waals surface area contributed by atoms with Crippen molar-refractivity contribution in [3.05, 3.63) is 65.3 Å². The summed E-state index contributed by atoms with van der Waals surface area (Å²) in [6.45, 7) is 3.83. The first-order valence-corrected chi connectivity index (χ1v) is 10.5. The van der Waals surface area contributed by atoms with Crippen molar-refractivity contribution in [2.75, 3.05) is 5.32 Å². The Morgan fingerprint density at radius 2 is 1.84 bits per heavy atom. The lowest BCUT2D eigenvalue weighted by molar-refractivity contribution is -0.151. The molecule has 0 saturated carbocycles. The minimum atomic E-state index is -1.05. The summed E-state index contributed by atoms with van der Waals surface area (Å²) in [5.74, 6) is -0.716. The highest BCUT2D eigenvalue weighted by molar-refractivity contribution is 6.31. The third-order valence-electron chi connectivity index (χ3n) is 5.52. The maximum absolute atomic E-state index is 12.5. The number of carboxylic acids is 1. The lowest BCUT2D eigenvalue weighted by Crippen LogP contribution is -2.34. The minimum absolute atomic E-state index is 0.0794. The lowest BCUT2D eigenvalue weighted by Gasteiger charge is -2.25. The fourth-order valence-electron chi connectivity index (χ4n) is 3.42. The third kappa shape index (κ3) is 5.52. The maximum atomic E-state index is 12.5. The summed E-state index contributed by atoms with van der Waals surface area (Å²) in [4.78, 5) is 28.7. The second-order valence-electron chi connectivity index (χ2n) is 7.47. The van der Waals surface area contributed by atoms with Gasteiger partial charge in [0.2, 0.25) is 5.91 Å². The van der Waals surface area contributed by atoms with Crippen molar-refractivity contribution in [1.29, 1.82) is 0 Å². The Hall–Kier alpha value is -3.12. The van der Waals surface area contributed by atoms with Crippen LogP contribution in [0.3, 0.4) is 0 Å². The van der Waals surface area contributed by atoms with Crippen LogP contribution in [0.1, 0.15) is 38.8 Å². The van der Waals surface area contributed by atoms with Crippen LogP contribution in [0.5, 0.6) is 5.75 Å². The van der Waals surface area contributed by atoms with Crippen LogP contribution < -0.4 is 10.1 Å². The average Bonchev–Trinajstić information content (AvgIpc) is 2.75. The Balaban J connectivity index is 1.65. The summed E-state index contributed by atoms with van der Waals surface area (Å²) in [6.07, 6.45) is 0.697. The van der Waals surface area contributed by atoms with E-state index in [-0.39, 0.29) is 18.9 Å². The van der Waals surface area contributed by atoms with Crippen molar-refractivity contribution in [3.63, 3.8) is 0 Å². The van der Waals surface area contributed by atoms with Crippen LogP contribution >= 0.6 is 11.6 Å². The Morgan fingerprint density at radius 1 is 1.10 bits per heavy atom. The van der Waals surface area contributed by atoms with Crippen LogP contribution in [-0.4, -0.2) is 22.0 Å². The summed E-state index contributed by atoms with van der Waals surface area (Å²) in [7, 11) is 0. The van der Waals surface area contributed by atoms with E-state index in [9.17, 15) is 14.7 Å². The van der Waals surface area contributed by atoms with Crippen molar-refractivity contribution in [2.24, 2.45) is 5.41 Å². The number of rotatable bonds is 9. The fraction of sp³-hybridized carbons (Fsp3) is 0.292. The number of fused-ring (bicyclic) bond motifs is 1. The molecule has 31 heavy (non-hydrogen) atoms. The van der Waals surface area contributed by atoms with Crippen molar-refractivity contribution in [2.45, 2.75) is 39.7 Å². The molecular formula is C24H25ClN2O4. The molecule has 162 valence electrons. The molecule has 0 radical (unpaired) electrons. The number of amides is 1. The van der Waals surface area contributed by atoms with Gasteiger partial charge in [-0.25, -0.2) is 4.98 Å². The first kappa shape index (κ1) is 22.6. The molecule has 0 aliphatic rings. The number of carbonyl (C=O) groups is 2. The smallest absolute Gasteiger partial charge is 0.310 e. The fourth-order valence-corrected chi connectivity index (χ4v) is 3.59. The zero-order valence-corrected chi connectivity index (χ0v) is 18.3. The second-order valence-corrected chi connectivity index (χ2v) is 7.91. The molecule has 1 aromatic heterocycles. The van der Waals surface area contributed by atoms with Gasteiger partial charge in [-0.1, -0.05) is 43.6 Å². The standard InChI is InChI=1S/C24H25ClN2O4/c1-3-24(4-2,23(29)30)14-22(28)27-18-6-5-7-20(13-18)31-15-19-11-9-16-8-10-17(25)12-21(16)26-19/h5-13H,3-4,14-15H2,1-2H3,(H,27,28)(H,29,30). The van der Waals surface area contributed by atoms with E-state index in [1.807, 2.05) is 24.3 Å². The average molecular weight is 441 g/mol. The number of pyridine rings is 1. The van der Waals surface area contributed by atoms with Crippen molar-refractivity contribution in [3.8, 4) is 5.75 Å². The number of anilines is 1. The van der Waals surface area contributed by atoms with Crippen LogP contribution in [0.2, 0.25) is 5.02 Å². The van der Waals surface area contributed by atoms with Gasteiger partial charge in [0.25, 0.3) is 0 Å². The van der Waals surface area contributed by atoms with Gasteiger partial charge in [0.1, 0.15) is 12.4 Å². The Labute approximate surface area is 186 Å². The van der Waals surface area contributed by atoms with Gasteiger partial charge < -0.3 is 15.2 Å². The number of ether oxygens (including phenoxy) is 1. The summed E-state index contributed by atoms with van der Waals surface area (Å²) in [5, 5.41) is 13.9. The number of halogens is 1. The van der Waals surface area contributed by atoms with Crippen LogP contribution in [-0.2, 0) is 16.2 Å². The molecule has 1 amide bonds. The summed E-state index contributed by atoms with van der Waals surface area (Å²) in [6, 6.07) is 16.4. The maximum Gasteiger partial charge on any atom is 0.310 e. The number of benzene rings is 2. The summed E-state index contributed by atoms with van der Waals surface area (Å²) >= 11 is 6.04. The molecule has 0 atom stereocenters. The molecule has 1 heterocycles. The zero-order chi connectivity index (χ0) is 22.4. The molecule has 6 nitrogen and oxygen atoms in total. The predicted octanol–water partition coefficient (Wildman–Crippen LogP) is 5.69. The van der Waals surface area contributed by atoms with Gasteiger partial charge in [-0.2, -0.15) is 0 Å². The highest BCUT2D eigenvalue weighted by Crippen LogP contribution is 2.31. The van der Waals surface area contributed by atoms with Gasteiger partial charge in [-0.15, -0.1) is 0 Å². The number of carbonyl (C=O) groups excluding carboxylic acids is 1. The second kappa shape index (κ2) is 9.79. The van der Waals surface area contributed by atoms with E-state index < -0.39 is 11.4 Å². The van der Waals surface area contributed by atoms with E-state index >= 15 is 0 Å². The predicted molar refractivity (Wildman–Crippen MR) is 121 cm³/mol. The molecule has 0 unspecified atom stereocenters. The topological polar surface area (TPSA) is 88.5 Å². The minimum Gasteiger partial charge on any atom is -0.487 e. The van der Waals surface area contributed by atoms with Crippen LogP contribution in [0.15, 0.2) is 54.6 Å². The SMILES string of the molecule is CCC(CC)(CC(=O)Nc1cccc(OCc2ccc3ccc(Cl)cc3n2)c1)C(=O)O. The number of hydrogen-bond donors (Lipinski definition) is 2. The number of aromatic nitrogens is 1. The van der Waals surface area contributed by atoms with Gasteiger partial charge in [0.15, 0.2) is 0 Å². The van der Waals surface area contributed by atoms with Crippen LogP contribution in [0.4, 0.5) is 5.69 Å². The summed E-state index contributed by atoms with van der Waals surface area (Å²) in [5.41, 5.74) is 1.04. The molecule has 0 fully saturated rings. The number of hydrogen-bond acceptors (Lipinski definition) is 4. The first-order chi connectivity index (χ1) is 14.8. The molecule has 0 bridgehead atoms. The van der Waals surface area contributed by atoms with E-state index in [0.717, 1.165) is 16.6 Å². The largest absolute Gasteiger partial charge is 0.487 e. The van der Waals surface area contributed by atoms with Gasteiger partial charge in [0, 0.05) is 28.6 Å². The number of nitrogens with zero attached hydrogens (tertiary/aromatic N) is 1. The molecule has 3 aromatic rings. The van der Waals surface area contributed by atoms with Crippen LogP contribution in [0.25, 0.3) is 10.9 Å². The molecule has 3 rings (SSSR count). The van der Waals surface area contributed by atoms with Gasteiger partial charge in [-0.3, -0.25) is 9.59 Å². The van der Waals surface area contributed by atoms with Gasteiger partial charge in [0.05, 0.1) is 16.6 Å². The van der Waals surface area contributed by atoms with E-state index in [1.54, 1.807) is 44.2 Å². The molecule has 0 aliphatic heterocycles. The Bertz CT molecular complexity index is 1100. The molecule has 7 heteroatoms. The van der Waals surface area contributed by atoms with Crippen LogP contribution in [0, 0.1) is 5.41 Å². The summed E-state index contributed by atoms with van der Waals surface area (Å²) < 4.78 is 5.83. The molecule has 0 aliphatic carbocycles. The van der Waals surface area contributed by atoms with Crippen molar-refractivity contribution in [1.82, 2.24) is 4.98 Å². The molecule has 0 saturated heterocycles. The van der Waals surface area contributed by atoms with Gasteiger partial charge in [-0.05, 0) is 43.2 Å². The third-order valence-corrected chi connectivity index (χ3v) is 5.76. The normalized spacial score (nSPS) is 11.3. The molecule has 2 aromatic carbocycles. The zero-order valence-electron chi connectivity index (χ0n) is 17.5. The van der Waals surface area contributed by atoms with Gasteiger partial charge >= 0.3 is 5.97 Å². The Kier molecular flexibility index (Phi) is 7.13. The monoisotopic (exact) mass is 440 g/mol. The molecular weight excluding hydrogens is 416 g/mol. The van der Waals surface area contributed by atoms with E-state index in [4.69, 9.17) is 16.3 Å². The number of carboxylic acid groups (broad SMARTS) is 1. The number of aliphatic carboxylic acids is 1. The highest BCUT2D eigenvalue weighted by atomic mass is 35.5. The molecule has 2 N–H and O–H groups in total. The first-order valence-electron chi connectivity index (χ1n) is 10.2.